The lowest BCUT2D eigenvalue weighted by molar-refractivity contribution is -0.110. The number of anilines is 1. The minimum atomic E-state index is -0.135. The third kappa shape index (κ3) is 2.79. The summed E-state index contributed by atoms with van der Waals surface area (Å²) in [5.74, 6) is 1.18. The summed E-state index contributed by atoms with van der Waals surface area (Å²) in [6, 6.07) is 16.8. The molecule has 1 aliphatic heterocycles. The summed E-state index contributed by atoms with van der Waals surface area (Å²) >= 11 is 9.46. The number of benzene rings is 2. The second kappa shape index (κ2) is 5.96. The van der Waals surface area contributed by atoms with Crippen LogP contribution in [0.5, 0.6) is 0 Å². The quantitative estimate of drug-likeness (QED) is 0.548. The van der Waals surface area contributed by atoms with E-state index in [1.54, 1.807) is 6.08 Å². The molecule has 1 amide bonds. The van der Waals surface area contributed by atoms with Gasteiger partial charge in [0.15, 0.2) is 0 Å². The summed E-state index contributed by atoms with van der Waals surface area (Å²) in [5.41, 5.74) is 3.13. The monoisotopic (exact) mass is 399 g/mol. The van der Waals surface area contributed by atoms with Crippen molar-refractivity contribution in [1.82, 2.24) is 0 Å². The van der Waals surface area contributed by atoms with Crippen LogP contribution in [0.3, 0.4) is 0 Å². The summed E-state index contributed by atoms with van der Waals surface area (Å²) < 4.78 is 6.77. The number of hydrogen-bond donors (Lipinski definition) is 1. The summed E-state index contributed by atoms with van der Waals surface area (Å²) in [6.45, 7) is 0. The van der Waals surface area contributed by atoms with Crippen LogP contribution < -0.4 is 5.32 Å². The first-order chi connectivity index (χ1) is 11.6. The molecule has 0 spiro atoms. The summed E-state index contributed by atoms with van der Waals surface area (Å²) in [4.78, 5) is 12.2. The molecule has 0 saturated heterocycles. The van der Waals surface area contributed by atoms with Gasteiger partial charge in [0.05, 0.1) is 5.57 Å². The minimum Gasteiger partial charge on any atom is -0.457 e. The van der Waals surface area contributed by atoms with E-state index in [0.29, 0.717) is 22.1 Å². The molecule has 0 saturated carbocycles. The lowest BCUT2D eigenvalue weighted by Crippen LogP contribution is -2.03. The van der Waals surface area contributed by atoms with E-state index in [2.05, 4.69) is 21.2 Å². The van der Waals surface area contributed by atoms with Crippen molar-refractivity contribution in [2.75, 3.05) is 5.32 Å². The number of carbonyl (C=O) groups excluding carboxylic acids is 1. The van der Waals surface area contributed by atoms with E-state index in [-0.39, 0.29) is 5.91 Å². The molecule has 1 aromatic heterocycles. The predicted molar refractivity (Wildman–Crippen MR) is 99.8 cm³/mol. The van der Waals surface area contributed by atoms with Crippen molar-refractivity contribution in [1.29, 1.82) is 0 Å². The maximum Gasteiger partial charge on any atom is 0.256 e. The van der Waals surface area contributed by atoms with Crippen LogP contribution in [0.2, 0.25) is 5.02 Å². The Hall–Kier alpha value is -2.30. The molecule has 0 unspecified atom stereocenters. The van der Waals surface area contributed by atoms with E-state index in [1.165, 1.54) is 0 Å². The highest BCUT2D eigenvalue weighted by atomic mass is 79.9. The van der Waals surface area contributed by atoms with Gasteiger partial charge in [-0.15, -0.1) is 0 Å². The van der Waals surface area contributed by atoms with Crippen LogP contribution in [0.15, 0.2) is 63.5 Å². The van der Waals surface area contributed by atoms with Crippen LogP contribution in [0.25, 0.3) is 23.0 Å². The fourth-order valence-electron chi connectivity index (χ4n) is 2.67. The molecule has 3 nitrogen and oxygen atoms in total. The Morgan fingerprint density at radius 1 is 1.08 bits per heavy atom. The molecular weight excluding hydrogens is 390 g/mol. The highest BCUT2D eigenvalue weighted by Crippen LogP contribution is 2.35. The van der Waals surface area contributed by atoms with Gasteiger partial charge in [0.25, 0.3) is 5.91 Å². The van der Waals surface area contributed by atoms with Gasteiger partial charge in [-0.3, -0.25) is 4.79 Å². The van der Waals surface area contributed by atoms with Crippen LogP contribution in [-0.4, -0.2) is 5.91 Å². The molecule has 0 fully saturated rings. The van der Waals surface area contributed by atoms with E-state index in [4.69, 9.17) is 16.0 Å². The van der Waals surface area contributed by atoms with Gasteiger partial charge >= 0.3 is 0 Å². The zero-order valence-electron chi connectivity index (χ0n) is 12.3. The fourth-order valence-corrected chi connectivity index (χ4v) is 3.22. The molecule has 2 aromatic carbocycles. The lowest BCUT2D eigenvalue weighted by atomic mass is 10.1. The average Bonchev–Trinajstić information content (AvgIpc) is 3.14. The summed E-state index contributed by atoms with van der Waals surface area (Å²) in [6.07, 6.45) is 1.75. The van der Waals surface area contributed by atoms with Crippen molar-refractivity contribution < 1.29 is 9.21 Å². The van der Waals surface area contributed by atoms with Crippen LogP contribution in [0, 0.1) is 0 Å². The maximum absolute atomic E-state index is 12.2. The third-order valence-corrected chi connectivity index (χ3v) is 4.52. The summed E-state index contributed by atoms with van der Waals surface area (Å²) in [5, 5.41) is 3.50. The molecule has 0 atom stereocenters. The highest BCUT2D eigenvalue weighted by molar-refractivity contribution is 9.10. The Balaban J connectivity index is 1.73. The fraction of sp³-hybridized carbons (Fsp3) is 0. The molecule has 1 aliphatic rings. The summed E-state index contributed by atoms with van der Waals surface area (Å²) in [7, 11) is 0. The van der Waals surface area contributed by atoms with Crippen LogP contribution in [0.4, 0.5) is 5.69 Å². The molecular formula is C19H11BrClNO2. The maximum atomic E-state index is 12.2. The van der Waals surface area contributed by atoms with Gasteiger partial charge in [-0.2, -0.15) is 0 Å². The van der Waals surface area contributed by atoms with Crippen molar-refractivity contribution in [3.05, 3.63) is 75.4 Å². The van der Waals surface area contributed by atoms with Gasteiger partial charge in [0.2, 0.25) is 0 Å². The molecule has 0 radical (unpaired) electrons. The molecule has 2 heterocycles. The number of halogens is 2. The molecule has 0 aliphatic carbocycles. The van der Waals surface area contributed by atoms with Crippen molar-refractivity contribution >= 4 is 50.8 Å². The van der Waals surface area contributed by atoms with Gasteiger partial charge in [0.1, 0.15) is 11.5 Å². The van der Waals surface area contributed by atoms with E-state index >= 15 is 0 Å². The van der Waals surface area contributed by atoms with Crippen molar-refractivity contribution in [3.8, 4) is 11.3 Å². The molecule has 5 heteroatoms. The number of furan rings is 1. The second-order valence-corrected chi connectivity index (χ2v) is 6.77. The first-order valence-corrected chi connectivity index (χ1v) is 8.46. The Bertz CT molecular complexity index is 991. The van der Waals surface area contributed by atoms with Crippen LogP contribution in [-0.2, 0) is 4.79 Å². The predicted octanol–water partition coefficient (Wildman–Crippen LogP) is 5.86. The number of fused-ring (bicyclic) bond motifs is 1. The van der Waals surface area contributed by atoms with Gasteiger partial charge in [-0.25, -0.2) is 0 Å². The van der Waals surface area contributed by atoms with Crippen molar-refractivity contribution in [2.45, 2.75) is 0 Å². The standard InChI is InChI=1S/C19H11BrClNO2/c20-12-4-6-17-15(9-12)16(19(23)22-17)10-14-5-7-18(24-14)11-2-1-3-13(21)8-11/h1-10H,(H,22,23)/b16-10-. The van der Waals surface area contributed by atoms with E-state index in [9.17, 15) is 4.79 Å². The van der Waals surface area contributed by atoms with Gasteiger partial charge in [-0.05, 0) is 48.5 Å². The van der Waals surface area contributed by atoms with Crippen LogP contribution >= 0.6 is 27.5 Å². The van der Waals surface area contributed by atoms with Crippen LogP contribution in [0.1, 0.15) is 11.3 Å². The molecule has 4 rings (SSSR count). The molecule has 24 heavy (non-hydrogen) atoms. The van der Waals surface area contributed by atoms with Gasteiger partial charge in [-0.1, -0.05) is 39.7 Å². The smallest absolute Gasteiger partial charge is 0.256 e. The van der Waals surface area contributed by atoms with E-state index in [0.717, 1.165) is 21.3 Å². The number of rotatable bonds is 2. The lowest BCUT2D eigenvalue weighted by Gasteiger charge is -1.99. The normalized spacial score (nSPS) is 14.8. The number of amides is 1. The Morgan fingerprint density at radius 3 is 2.79 bits per heavy atom. The third-order valence-electron chi connectivity index (χ3n) is 3.79. The largest absolute Gasteiger partial charge is 0.457 e. The van der Waals surface area contributed by atoms with Gasteiger partial charge in [0, 0.05) is 26.3 Å². The average molecular weight is 401 g/mol. The second-order valence-electron chi connectivity index (χ2n) is 5.41. The number of hydrogen-bond acceptors (Lipinski definition) is 2. The Morgan fingerprint density at radius 2 is 1.96 bits per heavy atom. The number of carbonyl (C=O) groups is 1. The molecule has 0 bridgehead atoms. The van der Waals surface area contributed by atoms with Crippen molar-refractivity contribution in [3.63, 3.8) is 0 Å². The SMILES string of the molecule is O=C1Nc2ccc(Br)cc2/C1=C/c1ccc(-c2cccc(Cl)c2)o1. The first kappa shape index (κ1) is 15.2. The van der Waals surface area contributed by atoms with Crippen molar-refractivity contribution in [2.24, 2.45) is 0 Å². The zero-order chi connectivity index (χ0) is 16.7. The number of nitrogens with one attached hydrogen (secondary N) is 1. The zero-order valence-corrected chi connectivity index (χ0v) is 14.7. The van der Waals surface area contributed by atoms with E-state index in [1.807, 2.05) is 54.6 Å². The van der Waals surface area contributed by atoms with Gasteiger partial charge < -0.3 is 9.73 Å². The topological polar surface area (TPSA) is 42.2 Å². The Kier molecular flexibility index (Phi) is 3.79. The molecule has 1 N–H and O–H groups in total. The molecule has 118 valence electrons. The van der Waals surface area contributed by atoms with E-state index < -0.39 is 0 Å². The first-order valence-electron chi connectivity index (χ1n) is 7.29. The highest BCUT2D eigenvalue weighted by Gasteiger charge is 2.24. The Labute approximate surface area is 152 Å². The minimum absolute atomic E-state index is 0.135. The molecule has 3 aromatic rings.